The average molecular weight is 426 g/mol. The van der Waals surface area contributed by atoms with Gasteiger partial charge in [-0.15, -0.1) is 0 Å². The second-order valence-electron chi connectivity index (χ2n) is 7.01. The lowest BCUT2D eigenvalue weighted by atomic mass is 9.97. The summed E-state index contributed by atoms with van der Waals surface area (Å²) in [6.07, 6.45) is 2.75. The maximum absolute atomic E-state index is 14.8. The maximum Gasteiger partial charge on any atom is 0.254 e. The highest BCUT2D eigenvalue weighted by Crippen LogP contribution is 2.30. The predicted octanol–water partition coefficient (Wildman–Crippen LogP) is 2.40. The third kappa shape index (κ3) is 4.02. The Balaban J connectivity index is 1.66. The molecule has 1 saturated heterocycles. The Kier molecular flexibility index (Phi) is 5.21. The number of amides is 1. The number of sulfone groups is 1. The zero-order valence-corrected chi connectivity index (χ0v) is 16.8. The largest absolute Gasteiger partial charge is 0.382 e. The van der Waals surface area contributed by atoms with Crippen LogP contribution in [0, 0.1) is 5.82 Å². The molecule has 4 rings (SSSR count). The van der Waals surface area contributed by atoms with Crippen molar-refractivity contribution in [3.05, 3.63) is 66.2 Å². The van der Waals surface area contributed by atoms with E-state index in [2.05, 4.69) is 9.97 Å². The molecule has 3 aromatic rings. The lowest BCUT2D eigenvalue weighted by Gasteiger charge is -2.27. The molecule has 0 spiro atoms. The number of hydrogen-bond acceptors (Lipinski definition) is 6. The lowest BCUT2D eigenvalue weighted by molar-refractivity contribution is 0.0771. The first-order valence-corrected chi connectivity index (χ1v) is 11.1. The SMILES string of the molecule is Nc1cnc(-c2ccc(-c3ccccc3C(=O)N3CCS(=O)(=O)CC3)cc2F)cn1. The van der Waals surface area contributed by atoms with E-state index in [0.717, 1.165) is 0 Å². The second-order valence-corrected chi connectivity index (χ2v) is 9.31. The molecule has 0 bridgehead atoms. The fraction of sp³-hybridized carbons (Fsp3) is 0.190. The average Bonchev–Trinajstić information content (AvgIpc) is 2.74. The molecular weight excluding hydrogens is 407 g/mol. The van der Waals surface area contributed by atoms with E-state index in [1.807, 2.05) is 0 Å². The van der Waals surface area contributed by atoms with Crippen LogP contribution in [-0.4, -0.2) is 53.8 Å². The number of anilines is 1. The van der Waals surface area contributed by atoms with Gasteiger partial charge in [0.1, 0.15) is 11.6 Å². The topological polar surface area (TPSA) is 106 Å². The molecular formula is C21H19FN4O3S. The predicted molar refractivity (Wildman–Crippen MR) is 112 cm³/mol. The van der Waals surface area contributed by atoms with Gasteiger partial charge in [-0.25, -0.2) is 17.8 Å². The van der Waals surface area contributed by atoms with Crippen LogP contribution >= 0.6 is 0 Å². The van der Waals surface area contributed by atoms with E-state index in [1.54, 1.807) is 36.4 Å². The molecule has 1 aliphatic rings. The Morgan fingerprint density at radius 2 is 1.73 bits per heavy atom. The van der Waals surface area contributed by atoms with E-state index in [0.29, 0.717) is 22.4 Å². The van der Waals surface area contributed by atoms with Crippen molar-refractivity contribution in [1.29, 1.82) is 0 Å². The summed E-state index contributed by atoms with van der Waals surface area (Å²) in [6.45, 7) is 0.303. The Morgan fingerprint density at radius 3 is 2.40 bits per heavy atom. The van der Waals surface area contributed by atoms with Crippen molar-refractivity contribution in [2.75, 3.05) is 30.3 Å². The van der Waals surface area contributed by atoms with Gasteiger partial charge in [-0.05, 0) is 29.3 Å². The highest BCUT2D eigenvalue weighted by molar-refractivity contribution is 7.91. The highest BCUT2D eigenvalue weighted by Gasteiger charge is 2.27. The first-order valence-electron chi connectivity index (χ1n) is 9.30. The van der Waals surface area contributed by atoms with Crippen LogP contribution < -0.4 is 5.73 Å². The molecule has 0 unspecified atom stereocenters. The zero-order valence-electron chi connectivity index (χ0n) is 16.0. The van der Waals surface area contributed by atoms with Gasteiger partial charge in [0.25, 0.3) is 5.91 Å². The third-order valence-corrected chi connectivity index (χ3v) is 6.63. The van der Waals surface area contributed by atoms with Crippen molar-refractivity contribution in [3.63, 3.8) is 0 Å². The zero-order chi connectivity index (χ0) is 21.3. The molecule has 0 aliphatic carbocycles. The molecule has 30 heavy (non-hydrogen) atoms. The van der Waals surface area contributed by atoms with Crippen molar-refractivity contribution in [1.82, 2.24) is 14.9 Å². The van der Waals surface area contributed by atoms with Crippen molar-refractivity contribution in [2.24, 2.45) is 0 Å². The second kappa shape index (κ2) is 7.83. The Morgan fingerprint density at radius 1 is 1.00 bits per heavy atom. The van der Waals surface area contributed by atoms with Gasteiger partial charge < -0.3 is 10.6 Å². The summed E-state index contributed by atoms with van der Waals surface area (Å²) >= 11 is 0. The van der Waals surface area contributed by atoms with E-state index in [1.165, 1.54) is 23.4 Å². The Bertz CT molecular complexity index is 1200. The molecule has 1 aromatic heterocycles. The molecule has 2 heterocycles. The van der Waals surface area contributed by atoms with Crippen LogP contribution in [0.25, 0.3) is 22.4 Å². The summed E-state index contributed by atoms with van der Waals surface area (Å²) < 4.78 is 38.1. The first-order chi connectivity index (χ1) is 14.3. The summed E-state index contributed by atoms with van der Waals surface area (Å²) in [4.78, 5) is 22.6. The van der Waals surface area contributed by atoms with Crippen LogP contribution in [-0.2, 0) is 9.84 Å². The van der Waals surface area contributed by atoms with Crippen molar-refractivity contribution in [2.45, 2.75) is 0 Å². The van der Waals surface area contributed by atoms with Gasteiger partial charge in [-0.1, -0.05) is 24.3 Å². The number of nitrogens with two attached hydrogens (primary N) is 1. The maximum atomic E-state index is 14.8. The number of benzene rings is 2. The molecule has 0 saturated carbocycles. The van der Waals surface area contributed by atoms with Crippen LogP contribution in [0.2, 0.25) is 0 Å². The smallest absolute Gasteiger partial charge is 0.254 e. The van der Waals surface area contributed by atoms with Crippen LogP contribution in [0.3, 0.4) is 0 Å². The fourth-order valence-electron chi connectivity index (χ4n) is 3.37. The fourth-order valence-corrected chi connectivity index (χ4v) is 4.58. The summed E-state index contributed by atoms with van der Waals surface area (Å²) in [5.41, 5.74) is 7.66. The molecule has 1 amide bonds. The van der Waals surface area contributed by atoms with Crippen molar-refractivity contribution >= 4 is 21.6 Å². The van der Waals surface area contributed by atoms with E-state index in [4.69, 9.17) is 5.73 Å². The summed E-state index contributed by atoms with van der Waals surface area (Å²) in [5, 5.41) is 0. The van der Waals surface area contributed by atoms with Gasteiger partial charge in [-0.2, -0.15) is 0 Å². The normalized spacial score (nSPS) is 15.7. The van der Waals surface area contributed by atoms with Crippen LogP contribution in [0.15, 0.2) is 54.9 Å². The number of carbonyl (C=O) groups is 1. The van der Waals surface area contributed by atoms with E-state index < -0.39 is 15.7 Å². The molecule has 1 fully saturated rings. The van der Waals surface area contributed by atoms with E-state index in [9.17, 15) is 17.6 Å². The van der Waals surface area contributed by atoms with Crippen LogP contribution in [0.1, 0.15) is 10.4 Å². The summed E-state index contributed by atoms with van der Waals surface area (Å²) in [6, 6.07) is 11.5. The Hall–Kier alpha value is -3.33. The van der Waals surface area contributed by atoms with Gasteiger partial charge >= 0.3 is 0 Å². The van der Waals surface area contributed by atoms with Gasteiger partial charge in [0.15, 0.2) is 9.84 Å². The van der Waals surface area contributed by atoms with Crippen molar-refractivity contribution < 1.29 is 17.6 Å². The standard InChI is InChI=1S/C21H19FN4O3S/c22-18-11-14(5-6-17(18)19-12-25-20(23)13-24-19)15-3-1-2-4-16(15)21(27)26-7-9-30(28,29)10-8-26/h1-6,11-13H,7-10H2,(H2,23,25). The molecule has 7 nitrogen and oxygen atoms in total. The highest BCUT2D eigenvalue weighted by atomic mass is 32.2. The number of aromatic nitrogens is 2. The molecule has 1 aliphatic heterocycles. The molecule has 154 valence electrons. The van der Waals surface area contributed by atoms with E-state index in [-0.39, 0.29) is 41.9 Å². The van der Waals surface area contributed by atoms with Gasteiger partial charge in [-0.3, -0.25) is 9.78 Å². The van der Waals surface area contributed by atoms with Gasteiger partial charge in [0, 0.05) is 24.2 Å². The molecule has 9 heteroatoms. The summed E-state index contributed by atoms with van der Waals surface area (Å²) in [7, 11) is -3.10. The number of rotatable bonds is 3. The monoisotopic (exact) mass is 426 g/mol. The number of nitrogens with zero attached hydrogens (tertiary/aromatic N) is 3. The Labute approximate surface area is 173 Å². The molecule has 2 aromatic carbocycles. The third-order valence-electron chi connectivity index (χ3n) is 5.02. The number of hydrogen-bond donors (Lipinski definition) is 1. The lowest BCUT2D eigenvalue weighted by Crippen LogP contribution is -2.43. The minimum atomic E-state index is -3.10. The minimum absolute atomic E-state index is 0.0488. The molecule has 2 N–H and O–H groups in total. The number of nitrogen functional groups attached to an aromatic ring is 1. The van der Waals surface area contributed by atoms with Gasteiger partial charge in [0.2, 0.25) is 0 Å². The van der Waals surface area contributed by atoms with Crippen LogP contribution in [0.4, 0.5) is 10.2 Å². The summed E-state index contributed by atoms with van der Waals surface area (Å²) in [5.74, 6) is -0.624. The number of carbonyl (C=O) groups excluding carboxylic acids is 1. The van der Waals surface area contributed by atoms with Crippen LogP contribution in [0.5, 0.6) is 0 Å². The first kappa shape index (κ1) is 20.0. The molecule has 0 atom stereocenters. The molecule has 0 radical (unpaired) electrons. The minimum Gasteiger partial charge on any atom is -0.382 e. The van der Waals surface area contributed by atoms with Gasteiger partial charge in [0.05, 0.1) is 29.6 Å². The van der Waals surface area contributed by atoms with E-state index >= 15 is 0 Å². The number of halogens is 1. The quantitative estimate of drug-likeness (QED) is 0.689. The van der Waals surface area contributed by atoms with Crippen molar-refractivity contribution in [3.8, 4) is 22.4 Å².